The van der Waals surface area contributed by atoms with Crippen LogP contribution in [0.25, 0.3) is 0 Å². The third-order valence-electron chi connectivity index (χ3n) is 2.88. The van der Waals surface area contributed by atoms with E-state index in [2.05, 4.69) is 11.4 Å². The first-order chi connectivity index (χ1) is 10.1. The Morgan fingerprint density at radius 1 is 1.33 bits per heavy atom. The smallest absolute Gasteiger partial charge is 0.255 e. The van der Waals surface area contributed by atoms with Crippen LogP contribution in [0, 0.1) is 11.3 Å². The van der Waals surface area contributed by atoms with Gasteiger partial charge in [-0.3, -0.25) is 4.79 Å². The molecule has 21 heavy (non-hydrogen) atoms. The summed E-state index contributed by atoms with van der Waals surface area (Å²) in [5, 5.41) is 12.0. The number of carbonyl (C=O) groups excluding carboxylic acids is 1. The van der Waals surface area contributed by atoms with E-state index in [1.165, 1.54) is 7.11 Å². The molecule has 0 spiro atoms. The second-order valence-electron chi connectivity index (χ2n) is 4.33. The Labute approximate surface area is 127 Å². The zero-order valence-corrected chi connectivity index (χ0v) is 12.1. The fourth-order valence-corrected chi connectivity index (χ4v) is 2.06. The maximum Gasteiger partial charge on any atom is 0.255 e. The Balaban J connectivity index is 2.24. The molecule has 2 aromatic rings. The molecule has 0 aromatic heterocycles. The van der Waals surface area contributed by atoms with Gasteiger partial charge in [-0.2, -0.15) is 5.26 Å². The molecule has 0 heterocycles. The van der Waals surface area contributed by atoms with Crippen LogP contribution in [0.15, 0.2) is 42.5 Å². The Morgan fingerprint density at radius 2 is 2.14 bits per heavy atom. The van der Waals surface area contributed by atoms with Gasteiger partial charge >= 0.3 is 0 Å². The fraction of sp³-hybridized carbons (Fsp3) is 0.125. The first-order valence-corrected chi connectivity index (χ1v) is 6.62. The van der Waals surface area contributed by atoms with Crippen molar-refractivity contribution in [3.63, 3.8) is 0 Å². The van der Waals surface area contributed by atoms with Gasteiger partial charge in [0.15, 0.2) is 0 Å². The first kappa shape index (κ1) is 14.9. The highest BCUT2D eigenvalue weighted by molar-refractivity contribution is 6.31. The molecule has 0 unspecified atom stereocenters. The number of amides is 1. The summed E-state index contributed by atoms with van der Waals surface area (Å²) in [5.74, 6) is 0.247. The van der Waals surface area contributed by atoms with E-state index in [1.54, 1.807) is 42.5 Å². The van der Waals surface area contributed by atoms with Gasteiger partial charge in [0.2, 0.25) is 0 Å². The Bertz CT molecular complexity index is 708. The van der Waals surface area contributed by atoms with Crippen molar-refractivity contribution in [2.24, 2.45) is 0 Å². The molecule has 4 nitrogen and oxygen atoms in total. The summed E-state index contributed by atoms with van der Waals surface area (Å²) < 4.78 is 5.18. The van der Waals surface area contributed by atoms with E-state index in [0.717, 1.165) is 5.56 Å². The zero-order valence-electron chi connectivity index (χ0n) is 11.4. The monoisotopic (exact) mass is 300 g/mol. The van der Waals surface area contributed by atoms with Crippen molar-refractivity contribution in [1.82, 2.24) is 0 Å². The summed E-state index contributed by atoms with van der Waals surface area (Å²) in [4.78, 5) is 12.3. The van der Waals surface area contributed by atoms with Gasteiger partial charge in [-0.1, -0.05) is 23.7 Å². The predicted octanol–water partition coefficient (Wildman–Crippen LogP) is 3.67. The van der Waals surface area contributed by atoms with Gasteiger partial charge in [-0.05, 0) is 35.9 Å². The molecule has 106 valence electrons. The molecular weight excluding hydrogens is 288 g/mol. The van der Waals surface area contributed by atoms with E-state index < -0.39 is 0 Å². The minimum absolute atomic E-state index is 0.265. The Kier molecular flexibility index (Phi) is 4.81. The first-order valence-electron chi connectivity index (χ1n) is 6.25. The molecule has 0 bridgehead atoms. The molecule has 0 saturated carbocycles. The van der Waals surface area contributed by atoms with Crippen molar-refractivity contribution >= 4 is 23.2 Å². The van der Waals surface area contributed by atoms with E-state index in [4.69, 9.17) is 21.6 Å². The van der Waals surface area contributed by atoms with Gasteiger partial charge in [-0.25, -0.2) is 0 Å². The molecule has 0 aliphatic carbocycles. The predicted molar refractivity (Wildman–Crippen MR) is 81.7 cm³/mol. The summed E-state index contributed by atoms with van der Waals surface area (Å²) in [6, 6.07) is 14.0. The van der Waals surface area contributed by atoms with Crippen molar-refractivity contribution in [3.8, 4) is 11.8 Å². The van der Waals surface area contributed by atoms with Gasteiger partial charge in [0, 0.05) is 10.6 Å². The highest BCUT2D eigenvalue weighted by atomic mass is 35.5. The van der Waals surface area contributed by atoms with Crippen LogP contribution in [0.1, 0.15) is 15.9 Å². The summed E-state index contributed by atoms with van der Waals surface area (Å²) in [6.45, 7) is 0. The molecule has 2 aromatic carbocycles. The molecule has 0 aliphatic heterocycles. The number of ether oxygens (including phenoxy) is 1. The van der Waals surface area contributed by atoms with Gasteiger partial charge < -0.3 is 10.1 Å². The lowest BCUT2D eigenvalue weighted by Crippen LogP contribution is -2.13. The lowest BCUT2D eigenvalue weighted by molar-refractivity contribution is 0.102. The topological polar surface area (TPSA) is 62.1 Å². The van der Waals surface area contributed by atoms with Crippen LogP contribution in [0.5, 0.6) is 5.75 Å². The number of nitrogens with one attached hydrogen (secondary N) is 1. The minimum atomic E-state index is -0.282. The number of hydrogen-bond acceptors (Lipinski definition) is 3. The average molecular weight is 301 g/mol. The molecule has 0 atom stereocenters. The maximum atomic E-state index is 12.3. The summed E-state index contributed by atoms with van der Waals surface area (Å²) >= 11 is 5.93. The molecule has 2 rings (SSSR count). The van der Waals surface area contributed by atoms with Crippen LogP contribution < -0.4 is 10.1 Å². The van der Waals surface area contributed by atoms with E-state index in [9.17, 15) is 4.79 Å². The third kappa shape index (κ3) is 3.74. The van der Waals surface area contributed by atoms with Crippen LogP contribution >= 0.6 is 11.6 Å². The van der Waals surface area contributed by atoms with E-state index in [0.29, 0.717) is 22.0 Å². The van der Waals surface area contributed by atoms with Crippen LogP contribution in [-0.2, 0) is 6.42 Å². The number of rotatable bonds is 4. The lowest BCUT2D eigenvalue weighted by atomic mass is 10.1. The molecular formula is C16H13ClN2O2. The van der Waals surface area contributed by atoms with Crippen molar-refractivity contribution < 1.29 is 9.53 Å². The number of halogens is 1. The normalized spacial score (nSPS) is 9.76. The Hall–Kier alpha value is -2.51. The largest absolute Gasteiger partial charge is 0.495 e. The fourth-order valence-electron chi connectivity index (χ4n) is 1.89. The number of anilines is 1. The van der Waals surface area contributed by atoms with Crippen molar-refractivity contribution in [3.05, 3.63) is 58.6 Å². The second-order valence-corrected chi connectivity index (χ2v) is 4.77. The summed E-state index contributed by atoms with van der Waals surface area (Å²) in [6.07, 6.45) is 0.265. The lowest BCUT2D eigenvalue weighted by Gasteiger charge is -2.11. The van der Waals surface area contributed by atoms with Gasteiger partial charge in [-0.15, -0.1) is 0 Å². The number of hydrogen-bond donors (Lipinski definition) is 1. The maximum absolute atomic E-state index is 12.3. The third-order valence-corrected chi connectivity index (χ3v) is 3.12. The SMILES string of the molecule is COc1ccc(Cl)cc1NC(=O)c1cccc(CC#N)c1. The number of benzene rings is 2. The standard InChI is InChI=1S/C16H13ClN2O2/c1-21-15-6-5-13(17)10-14(15)19-16(20)12-4-2-3-11(9-12)7-8-18/h2-6,9-10H,7H2,1H3,(H,19,20). The van der Waals surface area contributed by atoms with Gasteiger partial charge in [0.05, 0.1) is 25.3 Å². The molecule has 1 amide bonds. The number of carbonyl (C=O) groups is 1. The van der Waals surface area contributed by atoms with Gasteiger partial charge in [0.1, 0.15) is 5.75 Å². The molecule has 0 radical (unpaired) electrons. The van der Waals surface area contributed by atoms with Crippen molar-refractivity contribution in [2.45, 2.75) is 6.42 Å². The molecule has 0 aliphatic rings. The summed E-state index contributed by atoms with van der Waals surface area (Å²) in [7, 11) is 1.52. The highest BCUT2D eigenvalue weighted by Crippen LogP contribution is 2.28. The molecule has 0 fully saturated rings. The second kappa shape index (κ2) is 6.78. The van der Waals surface area contributed by atoms with Crippen molar-refractivity contribution in [1.29, 1.82) is 5.26 Å². The average Bonchev–Trinajstić information content (AvgIpc) is 2.48. The van der Waals surface area contributed by atoms with E-state index in [1.807, 2.05) is 0 Å². The molecule has 1 N–H and O–H groups in total. The zero-order chi connectivity index (χ0) is 15.2. The number of nitrogens with zero attached hydrogens (tertiary/aromatic N) is 1. The quantitative estimate of drug-likeness (QED) is 0.937. The minimum Gasteiger partial charge on any atom is -0.495 e. The van der Waals surface area contributed by atoms with E-state index in [-0.39, 0.29) is 12.3 Å². The van der Waals surface area contributed by atoms with Gasteiger partial charge in [0.25, 0.3) is 5.91 Å². The van der Waals surface area contributed by atoms with Crippen LogP contribution in [0.4, 0.5) is 5.69 Å². The summed E-state index contributed by atoms with van der Waals surface area (Å²) in [5.41, 5.74) is 1.77. The number of nitriles is 1. The van der Waals surface area contributed by atoms with Crippen LogP contribution in [-0.4, -0.2) is 13.0 Å². The molecule has 0 saturated heterocycles. The number of methoxy groups -OCH3 is 1. The van der Waals surface area contributed by atoms with Crippen LogP contribution in [0.2, 0.25) is 5.02 Å². The Morgan fingerprint density at radius 3 is 2.86 bits per heavy atom. The van der Waals surface area contributed by atoms with E-state index >= 15 is 0 Å². The molecule has 5 heteroatoms. The highest BCUT2D eigenvalue weighted by Gasteiger charge is 2.10. The van der Waals surface area contributed by atoms with Crippen molar-refractivity contribution in [2.75, 3.05) is 12.4 Å². The van der Waals surface area contributed by atoms with Crippen LogP contribution in [0.3, 0.4) is 0 Å².